The monoisotopic (exact) mass is 349 g/mol. The van der Waals surface area contributed by atoms with Crippen LogP contribution in [0.1, 0.15) is 86.0 Å². The van der Waals surface area contributed by atoms with Crippen molar-refractivity contribution in [3.8, 4) is 0 Å². The van der Waals surface area contributed by atoms with Crippen LogP contribution in [0, 0.1) is 5.92 Å². The lowest BCUT2D eigenvalue weighted by Gasteiger charge is -2.57. The molecule has 1 spiro atoms. The first-order valence-corrected chi connectivity index (χ1v) is 10.2. The predicted molar refractivity (Wildman–Crippen MR) is 99.3 cm³/mol. The number of nitrogens with one attached hydrogen (secondary N) is 2. The average Bonchev–Trinajstić information content (AvgIpc) is 2.84. The number of hydrogen-bond acceptors (Lipinski definition) is 3. The van der Waals surface area contributed by atoms with Crippen LogP contribution in [0.3, 0.4) is 0 Å². The summed E-state index contributed by atoms with van der Waals surface area (Å²) in [7, 11) is 0. The fraction of sp³-hybridized carbons (Fsp3) is 0.900. The van der Waals surface area contributed by atoms with Crippen LogP contribution < -0.4 is 10.6 Å². The van der Waals surface area contributed by atoms with Gasteiger partial charge in [-0.1, -0.05) is 40.0 Å². The fourth-order valence-corrected chi connectivity index (χ4v) is 5.46. The molecule has 4 unspecified atom stereocenters. The molecule has 0 aromatic heterocycles. The summed E-state index contributed by atoms with van der Waals surface area (Å²) in [5, 5.41) is 7.01. The van der Waals surface area contributed by atoms with Crippen LogP contribution in [0.25, 0.3) is 0 Å². The van der Waals surface area contributed by atoms with Gasteiger partial charge < -0.3 is 10.6 Å². The van der Waals surface area contributed by atoms with Crippen LogP contribution in [0.15, 0.2) is 0 Å². The van der Waals surface area contributed by atoms with E-state index in [1.165, 1.54) is 6.42 Å². The van der Waals surface area contributed by atoms with E-state index in [9.17, 15) is 9.59 Å². The van der Waals surface area contributed by atoms with Gasteiger partial charge in [0.2, 0.25) is 0 Å². The normalized spacial score (nSPS) is 42.9. The van der Waals surface area contributed by atoms with E-state index in [4.69, 9.17) is 0 Å². The van der Waals surface area contributed by atoms with Gasteiger partial charge in [-0.25, -0.2) is 4.79 Å². The minimum absolute atomic E-state index is 0.0257. The second-order valence-corrected chi connectivity index (χ2v) is 9.08. The Bertz CT molecular complexity index is 559. The number of nitrogens with zero attached hydrogens (tertiary/aromatic N) is 1. The number of rotatable bonds is 3. The van der Waals surface area contributed by atoms with Gasteiger partial charge in [-0.3, -0.25) is 9.69 Å². The van der Waals surface area contributed by atoms with Crippen LogP contribution in [-0.2, 0) is 4.79 Å². The maximum atomic E-state index is 13.6. The Morgan fingerprint density at radius 1 is 1.08 bits per heavy atom. The van der Waals surface area contributed by atoms with E-state index in [1.54, 1.807) is 4.90 Å². The number of urea groups is 1. The zero-order valence-corrected chi connectivity index (χ0v) is 16.6. The molecule has 3 rings (SSSR count). The molecule has 4 atom stereocenters. The average molecular weight is 350 g/mol. The third-order valence-electron chi connectivity index (χ3n) is 7.56. The number of carbonyl (C=O) groups excluding carboxylic acids is 2. The van der Waals surface area contributed by atoms with Crippen molar-refractivity contribution in [2.45, 2.75) is 109 Å². The summed E-state index contributed by atoms with van der Waals surface area (Å²) in [5.41, 5.74) is -1.09. The summed E-state index contributed by atoms with van der Waals surface area (Å²) in [5.74, 6) is 0.0763. The zero-order chi connectivity index (χ0) is 18.5. The largest absolute Gasteiger partial charge is 0.325 e. The number of carbonyl (C=O) groups is 2. The molecule has 1 saturated carbocycles. The van der Waals surface area contributed by atoms with Gasteiger partial charge in [0.25, 0.3) is 5.91 Å². The molecule has 25 heavy (non-hydrogen) atoms. The summed E-state index contributed by atoms with van der Waals surface area (Å²) in [4.78, 5) is 28.1. The molecule has 2 saturated heterocycles. The Labute approximate surface area is 152 Å². The SMILES string of the molecule is CCC1(C)CC2(NC(=O)N(C3CCCCC3)C2=O)C(C)C(C)(CC)N1. The highest BCUT2D eigenvalue weighted by Gasteiger charge is 2.64. The molecule has 3 aliphatic rings. The van der Waals surface area contributed by atoms with Gasteiger partial charge in [-0.15, -0.1) is 0 Å². The first kappa shape index (κ1) is 18.7. The summed E-state index contributed by atoms with van der Waals surface area (Å²) in [6.07, 6.45) is 7.89. The number of imide groups is 1. The van der Waals surface area contributed by atoms with E-state index in [0.717, 1.165) is 38.5 Å². The van der Waals surface area contributed by atoms with Crippen molar-refractivity contribution in [2.75, 3.05) is 0 Å². The lowest BCUT2D eigenvalue weighted by atomic mass is 9.61. The quantitative estimate of drug-likeness (QED) is 0.766. The number of amides is 3. The first-order valence-electron chi connectivity index (χ1n) is 10.2. The Morgan fingerprint density at radius 2 is 1.72 bits per heavy atom. The standard InChI is InChI=1S/C20H35N3O2/c1-6-18(4)13-20(14(3)19(5,7-2)22-18)16(24)23(17(25)21-20)15-11-9-8-10-12-15/h14-15,22H,6-13H2,1-5H3,(H,21,25). The Hall–Kier alpha value is -1.10. The number of piperidine rings is 1. The molecule has 2 aliphatic heterocycles. The van der Waals surface area contributed by atoms with Crippen LogP contribution in [0.5, 0.6) is 0 Å². The van der Waals surface area contributed by atoms with E-state index < -0.39 is 5.54 Å². The molecular weight excluding hydrogens is 314 g/mol. The van der Waals surface area contributed by atoms with Crippen LogP contribution >= 0.6 is 0 Å². The molecule has 5 nitrogen and oxygen atoms in total. The molecule has 0 aromatic carbocycles. The zero-order valence-electron chi connectivity index (χ0n) is 16.6. The molecular formula is C20H35N3O2. The van der Waals surface area contributed by atoms with Crippen molar-refractivity contribution in [3.05, 3.63) is 0 Å². The third kappa shape index (κ3) is 2.79. The molecule has 3 amide bonds. The van der Waals surface area contributed by atoms with E-state index in [0.29, 0.717) is 6.42 Å². The molecule has 2 N–H and O–H groups in total. The van der Waals surface area contributed by atoms with Crippen LogP contribution in [-0.4, -0.2) is 39.5 Å². The van der Waals surface area contributed by atoms with Gasteiger partial charge in [0.15, 0.2) is 0 Å². The first-order chi connectivity index (χ1) is 11.7. The van der Waals surface area contributed by atoms with Gasteiger partial charge in [-0.2, -0.15) is 0 Å². The number of hydrogen-bond donors (Lipinski definition) is 2. The molecule has 5 heteroatoms. The minimum Gasteiger partial charge on any atom is -0.323 e. The van der Waals surface area contributed by atoms with Crippen molar-refractivity contribution < 1.29 is 9.59 Å². The minimum atomic E-state index is -0.769. The Balaban J connectivity index is 1.98. The summed E-state index contributed by atoms with van der Waals surface area (Å²) < 4.78 is 0. The third-order valence-corrected chi connectivity index (χ3v) is 7.56. The van der Waals surface area contributed by atoms with Crippen molar-refractivity contribution in [1.29, 1.82) is 0 Å². The van der Waals surface area contributed by atoms with Crippen LogP contribution in [0.2, 0.25) is 0 Å². The summed E-state index contributed by atoms with van der Waals surface area (Å²) >= 11 is 0. The summed E-state index contributed by atoms with van der Waals surface area (Å²) in [6, 6.07) is -0.0777. The van der Waals surface area contributed by atoms with Gasteiger partial charge in [0, 0.05) is 23.0 Å². The second kappa shape index (κ2) is 6.26. The van der Waals surface area contributed by atoms with Crippen molar-refractivity contribution in [3.63, 3.8) is 0 Å². The van der Waals surface area contributed by atoms with E-state index in [1.807, 2.05) is 0 Å². The van der Waals surface area contributed by atoms with Crippen LogP contribution in [0.4, 0.5) is 4.79 Å². The van der Waals surface area contributed by atoms with Crippen molar-refractivity contribution >= 4 is 11.9 Å². The second-order valence-electron chi connectivity index (χ2n) is 9.08. The Kier molecular flexibility index (Phi) is 4.68. The van der Waals surface area contributed by atoms with E-state index >= 15 is 0 Å². The highest BCUT2D eigenvalue weighted by molar-refractivity contribution is 6.07. The smallest absolute Gasteiger partial charge is 0.323 e. The molecule has 0 bridgehead atoms. The van der Waals surface area contributed by atoms with Gasteiger partial charge >= 0.3 is 6.03 Å². The molecule has 0 radical (unpaired) electrons. The topological polar surface area (TPSA) is 61.4 Å². The molecule has 2 heterocycles. The molecule has 0 aromatic rings. The fourth-order valence-electron chi connectivity index (χ4n) is 5.46. The lowest BCUT2D eigenvalue weighted by Crippen LogP contribution is -2.74. The van der Waals surface area contributed by atoms with E-state index in [2.05, 4.69) is 45.3 Å². The van der Waals surface area contributed by atoms with Gasteiger partial charge in [-0.05, 0) is 46.0 Å². The van der Waals surface area contributed by atoms with Crippen molar-refractivity contribution in [2.24, 2.45) is 5.92 Å². The van der Waals surface area contributed by atoms with Gasteiger partial charge in [0.05, 0.1) is 0 Å². The molecule has 1 aliphatic carbocycles. The lowest BCUT2D eigenvalue weighted by molar-refractivity contribution is -0.140. The highest BCUT2D eigenvalue weighted by Crippen LogP contribution is 2.47. The molecule has 3 fully saturated rings. The molecule has 142 valence electrons. The maximum absolute atomic E-state index is 13.6. The van der Waals surface area contributed by atoms with Crippen molar-refractivity contribution in [1.82, 2.24) is 15.5 Å². The van der Waals surface area contributed by atoms with E-state index in [-0.39, 0.29) is 35.0 Å². The maximum Gasteiger partial charge on any atom is 0.325 e. The van der Waals surface area contributed by atoms with Gasteiger partial charge in [0.1, 0.15) is 5.54 Å². The predicted octanol–water partition coefficient (Wildman–Crippen LogP) is 3.58. The Morgan fingerprint density at radius 3 is 2.28 bits per heavy atom. The summed E-state index contributed by atoms with van der Waals surface area (Å²) in [6.45, 7) is 10.9. The highest BCUT2D eigenvalue weighted by atomic mass is 16.2.